The lowest BCUT2D eigenvalue weighted by molar-refractivity contribution is -0.0552. The summed E-state index contributed by atoms with van der Waals surface area (Å²) < 4.78 is 19.2. The fourth-order valence-corrected chi connectivity index (χ4v) is 2.32. The van der Waals surface area contributed by atoms with Gasteiger partial charge in [0.15, 0.2) is 0 Å². The molecule has 0 aliphatic carbocycles. The number of morpholine rings is 1. The molecule has 4 heteroatoms. The van der Waals surface area contributed by atoms with Crippen LogP contribution in [0.2, 0.25) is 0 Å². The standard InChI is InChI=1S/C16H21FN2O/c1-16(2)12-20-9-8-19(16)11-13-5-6-15(17)14(10-13)4-3-7-18/h5-6,10H,7-9,11-12,18H2,1-2H3. The van der Waals surface area contributed by atoms with E-state index < -0.39 is 0 Å². The average Bonchev–Trinajstić information content (AvgIpc) is 2.41. The van der Waals surface area contributed by atoms with Crippen molar-refractivity contribution in [2.24, 2.45) is 5.73 Å². The van der Waals surface area contributed by atoms with Crippen molar-refractivity contribution < 1.29 is 9.13 Å². The first-order valence-electron chi connectivity index (χ1n) is 6.83. The molecule has 1 aromatic rings. The number of nitrogens with zero attached hydrogens (tertiary/aromatic N) is 1. The van der Waals surface area contributed by atoms with Crippen LogP contribution in [-0.4, -0.2) is 36.7 Å². The first-order valence-corrected chi connectivity index (χ1v) is 6.83. The summed E-state index contributed by atoms with van der Waals surface area (Å²) >= 11 is 0. The molecule has 0 radical (unpaired) electrons. The fourth-order valence-electron chi connectivity index (χ4n) is 2.32. The van der Waals surface area contributed by atoms with Crippen LogP contribution in [0.25, 0.3) is 0 Å². The molecule has 1 fully saturated rings. The molecule has 20 heavy (non-hydrogen) atoms. The first-order chi connectivity index (χ1) is 9.53. The number of hydrogen-bond acceptors (Lipinski definition) is 3. The number of hydrogen-bond donors (Lipinski definition) is 1. The van der Waals surface area contributed by atoms with Crippen molar-refractivity contribution in [3.8, 4) is 11.8 Å². The van der Waals surface area contributed by atoms with Crippen LogP contribution in [0.1, 0.15) is 25.0 Å². The highest BCUT2D eigenvalue weighted by atomic mass is 19.1. The third kappa shape index (κ3) is 3.57. The molecule has 1 aromatic carbocycles. The van der Waals surface area contributed by atoms with Crippen LogP contribution in [0.5, 0.6) is 0 Å². The molecule has 0 aromatic heterocycles. The Kier molecular flexibility index (Phi) is 4.77. The van der Waals surface area contributed by atoms with E-state index in [1.807, 2.05) is 12.1 Å². The van der Waals surface area contributed by atoms with Crippen LogP contribution < -0.4 is 5.73 Å². The minimum atomic E-state index is -0.295. The average molecular weight is 276 g/mol. The lowest BCUT2D eigenvalue weighted by atomic mass is 10.0. The summed E-state index contributed by atoms with van der Waals surface area (Å²) in [5.74, 6) is 5.18. The van der Waals surface area contributed by atoms with E-state index in [-0.39, 0.29) is 17.9 Å². The normalized spacial score (nSPS) is 18.4. The van der Waals surface area contributed by atoms with Gasteiger partial charge in [-0.3, -0.25) is 4.90 Å². The maximum Gasteiger partial charge on any atom is 0.138 e. The summed E-state index contributed by atoms with van der Waals surface area (Å²) in [7, 11) is 0. The summed E-state index contributed by atoms with van der Waals surface area (Å²) in [5, 5.41) is 0. The second-order valence-corrected chi connectivity index (χ2v) is 5.61. The number of nitrogens with two attached hydrogens (primary N) is 1. The van der Waals surface area contributed by atoms with Crippen molar-refractivity contribution >= 4 is 0 Å². The van der Waals surface area contributed by atoms with Crippen LogP contribution >= 0.6 is 0 Å². The largest absolute Gasteiger partial charge is 0.378 e. The monoisotopic (exact) mass is 276 g/mol. The van der Waals surface area contributed by atoms with Gasteiger partial charge < -0.3 is 10.5 Å². The van der Waals surface area contributed by atoms with Gasteiger partial charge in [0, 0.05) is 18.6 Å². The van der Waals surface area contributed by atoms with Gasteiger partial charge in [-0.25, -0.2) is 4.39 Å². The summed E-state index contributed by atoms with van der Waals surface area (Å²) in [6, 6.07) is 5.10. The van der Waals surface area contributed by atoms with Gasteiger partial charge in [-0.1, -0.05) is 17.9 Å². The number of ether oxygens (including phenoxy) is 1. The van der Waals surface area contributed by atoms with Gasteiger partial charge in [0.25, 0.3) is 0 Å². The molecule has 0 atom stereocenters. The Morgan fingerprint density at radius 3 is 2.95 bits per heavy atom. The van der Waals surface area contributed by atoms with E-state index in [4.69, 9.17) is 10.5 Å². The van der Waals surface area contributed by atoms with Gasteiger partial charge in [-0.05, 0) is 31.5 Å². The SMILES string of the molecule is CC1(C)COCCN1Cc1ccc(F)c(C#CCN)c1. The summed E-state index contributed by atoms with van der Waals surface area (Å²) in [6.45, 7) is 7.66. The molecular formula is C16H21FN2O. The lowest BCUT2D eigenvalue weighted by Crippen LogP contribution is -2.52. The molecule has 108 valence electrons. The number of halogens is 1. The maximum atomic E-state index is 13.6. The van der Waals surface area contributed by atoms with Gasteiger partial charge in [0.05, 0.1) is 25.3 Å². The predicted octanol–water partition coefficient (Wildman–Crippen LogP) is 1.75. The van der Waals surface area contributed by atoms with Gasteiger partial charge in [-0.2, -0.15) is 0 Å². The van der Waals surface area contributed by atoms with Crippen LogP contribution in [0.15, 0.2) is 18.2 Å². The first kappa shape index (κ1) is 15.0. The van der Waals surface area contributed by atoms with Crippen molar-refractivity contribution in [2.45, 2.75) is 25.9 Å². The van der Waals surface area contributed by atoms with Gasteiger partial charge >= 0.3 is 0 Å². The Bertz CT molecular complexity index is 531. The molecular weight excluding hydrogens is 255 g/mol. The van der Waals surface area contributed by atoms with E-state index in [0.29, 0.717) is 12.2 Å². The Hall–Kier alpha value is -1.41. The molecule has 1 heterocycles. The van der Waals surface area contributed by atoms with Crippen LogP contribution in [0.3, 0.4) is 0 Å². The minimum absolute atomic E-state index is 0.00423. The molecule has 1 aliphatic heterocycles. The Labute approximate surface area is 119 Å². The quantitative estimate of drug-likeness (QED) is 0.836. The Morgan fingerprint density at radius 1 is 1.45 bits per heavy atom. The second-order valence-electron chi connectivity index (χ2n) is 5.61. The third-order valence-corrected chi connectivity index (χ3v) is 3.55. The van der Waals surface area contributed by atoms with Crippen molar-refractivity contribution in [1.82, 2.24) is 4.90 Å². The predicted molar refractivity (Wildman–Crippen MR) is 77.6 cm³/mol. The molecule has 2 rings (SSSR count). The van der Waals surface area contributed by atoms with E-state index in [9.17, 15) is 4.39 Å². The van der Waals surface area contributed by atoms with Gasteiger partial charge in [0.2, 0.25) is 0 Å². The van der Waals surface area contributed by atoms with E-state index in [1.54, 1.807) is 0 Å². The van der Waals surface area contributed by atoms with Crippen molar-refractivity contribution in [2.75, 3.05) is 26.3 Å². The van der Waals surface area contributed by atoms with E-state index in [0.717, 1.165) is 25.3 Å². The highest BCUT2D eigenvalue weighted by Crippen LogP contribution is 2.22. The highest BCUT2D eigenvalue weighted by Gasteiger charge is 2.30. The van der Waals surface area contributed by atoms with Crippen molar-refractivity contribution in [1.29, 1.82) is 0 Å². The van der Waals surface area contributed by atoms with Crippen LogP contribution in [-0.2, 0) is 11.3 Å². The summed E-state index contributed by atoms with van der Waals surface area (Å²) in [6.07, 6.45) is 0. The zero-order valence-electron chi connectivity index (χ0n) is 12.1. The zero-order valence-corrected chi connectivity index (χ0v) is 12.1. The molecule has 0 saturated carbocycles. The van der Waals surface area contributed by atoms with Crippen molar-refractivity contribution in [3.05, 3.63) is 35.1 Å². The molecule has 1 aliphatic rings. The number of rotatable bonds is 2. The Morgan fingerprint density at radius 2 is 2.25 bits per heavy atom. The van der Waals surface area contributed by atoms with Gasteiger partial charge in [0.1, 0.15) is 5.82 Å². The number of benzene rings is 1. The Balaban J connectivity index is 2.17. The van der Waals surface area contributed by atoms with E-state index >= 15 is 0 Å². The molecule has 0 spiro atoms. The van der Waals surface area contributed by atoms with Crippen LogP contribution in [0, 0.1) is 17.7 Å². The smallest absolute Gasteiger partial charge is 0.138 e. The van der Waals surface area contributed by atoms with Crippen LogP contribution in [0.4, 0.5) is 4.39 Å². The minimum Gasteiger partial charge on any atom is -0.378 e. The molecule has 0 bridgehead atoms. The second kappa shape index (κ2) is 6.36. The van der Waals surface area contributed by atoms with Gasteiger partial charge in [-0.15, -0.1) is 0 Å². The lowest BCUT2D eigenvalue weighted by Gasteiger charge is -2.42. The molecule has 3 nitrogen and oxygen atoms in total. The maximum absolute atomic E-state index is 13.6. The molecule has 1 saturated heterocycles. The summed E-state index contributed by atoms with van der Waals surface area (Å²) in [4.78, 5) is 2.35. The summed E-state index contributed by atoms with van der Waals surface area (Å²) in [5.41, 5.74) is 6.80. The zero-order chi connectivity index (χ0) is 14.6. The third-order valence-electron chi connectivity index (χ3n) is 3.55. The molecule has 2 N–H and O–H groups in total. The van der Waals surface area contributed by atoms with Crippen molar-refractivity contribution in [3.63, 3.8) is 0 Å². The van der Waals surface area contributed by atoms with E-state index in [1.165, 1.54) is 6.07 Å². The molecule has 0 amide bonds. The fraction of sp³-hybridized carbons (Fsp3) is 0.500. The topological polar surface area (TPSA) is 38.5 Å². The molecule has 0 unspecified atom stereocenters. The van der Waals surface area contributed by atoms with E-state index in [2.05, 4.69) is 30.6 Å². The highest BCUT2D eigenvalue weighted by molar-refractivity contribution is 5.38.